The molecule has 1 amide bonds. The number of carbonyl (C=O) groups excluding carboxylic acids is 1. The molecular weight excluding hydrogens is 395 g/mol. The molecule has 1 aliphatic heterocycles. The van der Waals surface area contributed by atoms with Gasteiger partial charge in [0.25, 0.3) is 0 Å². The average molecular weight is 423 g/mol. The van der Waals surface area contributed by atoms with Crippen LogP contribution in [0.5, 0.6) is 0 Å². The Balaban J connectivity index is 1.28. The van der Waals surface area contributed by atoms with Gasteiger partial charge in [0.15, 0.2) is 0 Å². The molecule has 0 radical (unpaired) electrons. The zero-order valence-electron chi connectivity index (χ0n) is 17.5. The van der Waals surface area contributed by atoms with E-state index in [1.165, 1.54) is 29.7 Å². The molecule has 31 heavy (non-hydrogen) atoms. The molecule has 1 aliphatic carbocycles. The monoisotopic (exact) mass is 422 g/mol. The van der Waals surface area contributed by atoms with Crippen LogP contribution in [0.4, 0.5) is 4.39 Å². The second-order valence-corrected chi connectivity index (χ2v) is 8.43. The van der Waals surface area contributed by atoms with Gasteiger partial charge >= 0.3 is 0 Å². The van der Waals surface area contributed by atoms with E-state index in [0.29, 0.717) is 19.8 Å². The maximum Gasteiger partial charge on any atom is 0.224 e. The quantitative estimate of drug-likeness (QED) is 0.657. The number of fused-ring (bicyclic) bond motifs is 2. The van der Waals surface area contributed by atoms with Crippen molar-refractivity contribution in [3.05, 3.63) is 70.7 Å². The Morgan fingerprint density at radius 2 is 1.84 bits per heavy atom. The Hall–Kier alpha value is -2.70. The van der Waals surface area contributed by atoms with Crippen molar-refractivity contribution in [1.82, 2.24) is 10.2 Å². The number of hydrogen-bond donors (Lipinski definition) is 1. The molecule has 1 atom stereocenters. The van der Waals surface area contributed by atoms with E-state index < -0.39 is 0 Å². The number of amides is 1. The third kappa shape index (κ3) is 4.36. The first kappa shape index (κ1) is 20.2. The first-order chi connectivity index (χ1) is 15.2. The van der Waals surface area contributed by atoms with Crippen LogP contribution in [-0.2, 0) is 28.8 Å². The largest absolute Gasteiger partial charge is 0.464 e. The molecule has 0 spiro atoms. The van der Waals surface area contributed by atoms with Gasteiger partial charge in [-0.15, -0.1) is 0 Å². The molecule has 2 aromatic carbocycles. The van der Waals surface area contributed by atoms with Gasteiger partial charge in [-0.25, -0.2) is 4.39 Å². The van der Waals surface area contributed by atoms with Gasteiger partial charge in [0.1, 0.15) is 11.4 Å². The summed E-state index contributed by atoms with van der Waals surface area (Å²) in [5.41, 5.74) is 5.52. The molecule has 5 nitrogen and oxygen atoms in total. The summed E-state index contributed by atoms with van der Waals surface area (Å²) in [5, 5.41) is 4.13. The third-order valence-electron chi connectivity index (χ3n) is 6.45. The number of nitrogens with one attached hydrogen (secondary N) is 1. The Kier molecular flexibility index (Phi) is 5.74. The lowest BCUT2D eigenvalue weighted by Crippen LogP contribution is -2.44. The first-order valence-corrected chi connectivity index (χ1v) is 11.0. The van der Waals surface area contributed by atoms with Crippen molar-refractivity contribution in [3.63, 3.8) is 0 Å². The Labute approximate surface area is 181 Å². The van der Waals surface area contributed by atoms with E-state index in [2.05, 4.69) is 22.3 Å². The summed E-state index contributed by atoms with van der Waals surface area (Å²) in [6.07, 6.45) is 5.38. The maximum atomic E-state index is 13.4. The van der Waals surface area contributed by atoms with Gasteiger partial charge in [-0.2, -0.15) is 0 Å². The minimum absolute atomic E-state index is 0.0159. The van der Waals surface area contributed by atoms with Crippen molar-refractivity contribution in [3.8, 4) is 0 Å². The average Bonchev–Trinajstić information content (AvgIpc) is 3.41. The highest BCUT2D eigenvalue weighted by atomic mass is 19.1. The van der Waals surface area contributed by atoms with Gasteiger partial charge in [0.2, 0.25) is 5.91 Å². The predicted octanol–water partition coefficient (Wildman–Crippen LogP) is 3.79. The Morgan fingerprint density at radius 1 is 1.10 bits per heavy atom. The molecule has 1 aromatic heterocycles. The van der Waals surface area contributed by atoms with Crippen molar-refractivity contribution < 1.29 is 18.3 Å². The van der Waals surface area contributed by atoms with Crippen molar-refractivity contribution in [1.29, 1.82) is 0 Å². The molecule has 3 aromatic rings. The van der Waals surface area contributed by atoms with E-state index in [0.717, 1.165) is 48.0 Å². The Bertz CT molecular complexity index is 1070. The number of benzene rings is 2. The van der Waals surface area contributed by atoms with Gasteiger partial charge < -0.3 is 14.5 Å². The summed E-state index contributed by atoms with van der Waals surface area (Å²) < 4.78 is 24.6. The molecule has 162 valence electrons. The van der Waals surface area contributed by atoms with Crippen LogP contribution >= 0.6 is 0 Å². The highest BCUT2D eigenvalue weighted by Crippen LogP contribution is 2.30. The Morgan fingerprint density at radius 3 is 2.61 bits per heavy atom. The number of morpholine rings is 1. The predicted molar refractivity (Wildman–Crippen MR) is 116 cm³/mol. The SMILES string of the molecule is O=C(Cc1coc2cc3c(cc12)CCC3)NC[C@@H](c1ccc(F)cc1)N1CCOCC1. The summed E-state index contributed by atoms with van der Waals surface area (Å²) in [4.78, 5) is 15.1. The van der Waals surface area contributed by atoms with Gasteiger partial charge in [-0.05, 0) is 60.2 Å². The van der Waals surface area contributed by atoms with Crippen LogP contribution in [0, 0.1) is 5.82 Å². The lowest BCUT2D eigenvalue weighted by atomic mass is 10.0. The highest BCUT2D eigenvalue weighted by Gasteiger charge is 2.24. The van der Waals surface area contributed by atoms with Crippen LogP contribution < -0.4 is 5.32 Å². The smallest absolute Gasteiger partial charge is 0.224 e. The molecular formula is C25H27FN2O3. The van der Waals surface area contributed by atoms with Crippen LogP contribution in [0.25, 0.3) is 11.0 Å². The number of halogens is 1. The summed E-state index contributed by atoms with van der Waals surface area (Å²) in [6.45, 7) is 3.37. The van der Waals surface area contributed by atoms with Crippen LogP contribution in [-0.4, -0.2) is 43.7 Å². The first-order valence-electron chi connectivity index (χ1n) is 11.0. The molecule has 1 fully saturated rings. The number of furan rings is 1. The fourth-order valence-corrected chi connectivity index (χ4v) is 4.76. The maximum absolute atomic E-state index is 13.4. The molecule has 0 bridgehead atoms. The van der Waals surface area contributed by atoms with Crippen LogP contribution in [0.2, 0.25) is 0 Å². The molecule has 2 heterocycles. The van der Waals surface area contributed by atoms with Gasteiger partial charge in [0, 0.05) is 30.6 Å². The van der Waals surface area contributed by atoms with E-state index in [1.54, 1.807) is 18.4 Å². The number of rotatable bonds is 6. The van der Waals surface area contributed by atoms with E-state index >= 15 is 0 Å². The number of carbonyl (C=O) groups is 1. The van der Waals surface area contributed by atoms with Gasteiger partial charge in [0.05, 0.1) is 31.9 Å². The molecule has 2 aliphatic rings. The molecule has 0 unspecified atom stereocenters. The minimum Gasteiger partial charge on any atom is -0.464 e. The lowest BCUT2D eigenvalue weighted by Gasteiger charge is -2.35. The second kappa shape index (κ2) is 8.81. The zero-order chi connectivity index (χ0) is 21.2. The second-order valence-electron chi connectivity index (χ2n) is 8.43. The molecule has 5 rings (SSSR count). The van der Waals surface area contributed by atoms with E-state index in [-0.39, 0.29) is 24.2 Å². The van der Waals surface area contributed by atoms with Gasteiger partial charge in [-0.3, -0.25) is 9.69 Å². The van der Waals surface area contributed by atoms with E-state index in [1.807, 2.05) is 0 Å². The zero-order valence-corrected chi connectivity index (χ0v) is 17.5. The summed E-state index contributed by atoms with van der Waals surface area (Å²) >= 11 is 0. The fourth-order valence-electron chi connectivity index (χ4n) is 4.76. The molecule has 0 saturated carbocycles. The highest BCUT2D eigenvalue weighted by molar-refractivity contribution is 5.88. The molecule has 1 saturated heterocycles. The van der Waals surface area contributed by atoms with Crippen LogP contribution in [0.1, 0.15) is 34.7 Å². The topological polar surface area (TPSA) is 54.7 Å². The number of nitrogens with zero attached hydrogens (tertiary/aromatic N) is 1. The van der Waals surface area contributed by atoms with Crippen molar-refractivity contribution >= 4 is 16.9 Å². The fraction of sp³-hybridized carbons (Fsp3) is 0.400. The van der Waals surface area contributed by atoms with Crippen LogP contribution in [0.3, 0.4) is 0 Å². The van der Waals surface area contributed by atoms with Gasteiger partial charge in [-0.1, -0.05) is 12.1 Å². The van der Waals surface area contributed by atoms with Crippen molar-refractivity contribution in [2.45, 2.75) is 31.7 Å². The number of hydrogen-bond acceptors (Lipinski definition) is 4. The van der Waals surface area contributed by atoms with Crippen LogP contribution in [0.15, 0.2) is 47.1 Å². The number of ether oxygens (including phenoxy) is 1. The summed E-state index contributed by atoms with van der Waals surface area (Å²) in [7, 11) is 0. The summed E-state index contributed by atoms with van der Waals surface area (Å²) in [5.74, 6) is -0.296. The normalized spacial score (nSPS) is 17.6. The summed E-state index contributed by atoms with van der Waals surface area (Å²) in [6, 6.07) is 10.8. The van der Waals surface area contributed by atoms with E-state index in [4.69, 9.17) is 9.15 Å². The third-order valence-corrected chi connectivity index (χ3v) is 6.45. The molecule has 6 heteroatoms. The van der Waals surface area contributed by atoms with E-state index in [9.17, 15) is 9.18 Å². The lowest BCUT2D eigenvalue weighted by molar-refractivity contribution is -0.120. The number of aryl methyl sites for hydroxylation is 2. The molecule has 1 N–H and O–H groups in total. The standard InChI is InChI=1S/C25H27FN2O3/c26-21-6-4-17(5-7-21)23(28-8-10-30-11-9-28)15-27-25(29)14-20-16-31-24-13-19-3-1-2-18(19)12-22(20)24/h4-7,12-13,16,23H,1-3,8-11,14-15H2,(H,27,29)/t23-/m0/s1. The van der Waals surface area contributed by atoms with Crippen molar-refractivity contribution in [2.75, 3.05) is 32.8 Å². The minimum atomic E-state index is -0.258. The van der Waals surface area contributed by atoms with Crippen molar-refractivity contribution in [2.24, 2.45) is 0 Å².